The van der Waals surface area contributed by atoms with E-state index in [0.717, 1.165) is 13.8 Å². The van der Waals surface area contributed by atoms with E-state index >= 15 is 0 Å². The largest absolute Gasteiger partial charge is 0.573 e. The van der Waals surface area contributed by atoms with Crippen molar-refractivity contribution in [1.29, 1.82) is 0 Å². The van der Waals surface area contributed by atoms with Crippen LogP contribution in [0.3, 0.4) is 0 Å². The summed E-state index contributed by atoms with van der Waals surface area (Å²) in [5.74, 6) is -9.13. The maximum absolute atomic E-state index is 13.9. The molecule has 1 rings (SSSR count). The van der Waals surface area contributed by atoms with Crippen molar-refractivity contribution in [2.24, 2.45) is 5.92 Å². The van der Waals surface area contributed by atoms with Crippen LogP contribution in [0.1, 0.15) is 13.8 Å². The molecule has 0 bridgehead atoms. The van der Waals surface area contributed by atoms with Crippen LogP contribution in [0, 0.1) is 5.92 Å². The van der Waals surface area contributed by atoms with Crippen LogP contribution in [0.2, 0.25) is 0 Å². The molecule has 0 heterocycles. The number of urea groups is 1. The fraction of sp³-hybridized carbons (Fsp3) is 0.500. The first-order valence-electron chi connectivity index (χ1n) is 9.31. The standard InChI is InChI=1S/C18H17F9N2O6/c1-3-33-12(30)11(13(31)34-4-2)15(16(19,20)21,17(22,23)24)29-14(32)28-9-5-7-10(8-6-9)35-18(25,26)27/h5-8,11H,3-4H2,1-2H3,(H2,28,29,32). The number of esters is 2. The van der Waals surface area contributed by atoms with E-state index in [1.165, 1.54) is 5.32 Å². The minimum absolute atomic E-state index is 0.570. The molecule has 0 fully saturated rings. The summed E-state index contributed by atoms with van der Waals surface area (Å²) in [6.07, 6.45) is -18.1. The molecule has 8 nitrogen and oxygen atoms in total. The van der Waals surface area contributed by atoms with E-state index in [4.69, 9.17) is 0 Å². The predicted molar refractivity (Wildman–Crippen MR) is 96.9 cm³/mol. The normalized spacial score (nSPS) is 12.7. The highest BCUT2D eigenvalue weighted by molar-refractivity contribution is 5.99. The lowest BCUT2D eigenvalue weighted by Gasteiger charge is -2.40. The fourth-order valence-corrected chi connectivity index (χ4v) is 2.68. The van der Waals surface area contributed by atoms with Gasteiger partial charge in [0.25, 0.3) is 5.54 Å². The van der Waals surface area contributed by atoms with Gasteiger partial charge in [-0.15, -0.1) is 13.2 Å². The number of amides is 2. The SMILES string of the molecule is CCOC(=O)C(C(=O)OCC)C(NC(=O)Nc1ccc(OC(F)(F)F)cc1)(C(F)(F)F)C(F)(F)F. The molecule has 17 heteroatoms. The number of anilines is 1. The average Bonchev–Trinajstić information content (AvgIpc) is 2.66. The molecular formula is C18H17F9N2O6. The van der Waals surface area contributed by atoms with Crippen molar-refractivity contribution in [2.45, 2.75) is 38.1 Å². The van der Waals surface area contributed by atoms with E-state index < -0.39 is 72.8 Å². The number of hydrogen-bond donors (Lipinski definition) is 2. The van der Waals surface area contributed by atoms with Gasteiger partial charge in [0.1, 0.15) is 5.75 Å². The van der Waals surface area contributed by atoms with Crippen LogP contribution in [0.4, 0.5) is 50.0 Å². The highest BCUT2D eigenvalue weighted by atomic mass is 19.4. The van der Waals surface area contributed by atoms with Crippen molar-refractivity contribution in [3.8, 4) is 5.75 Å². The molecule has 0 spiro atoms. The van der Waals surface area contributed by atoms with E-state index in [9.17, 15) is 53.9 Å². The Balaban J connectivity index is 3.46. The number of alkyl halides is 9. The number of carbonyl (C=O) groups excluding carboxylic acids is 3. The molecule has 0 saturated carbocycles. The molecule has 198 valence electrons. The summed E-state index contributed by atoms with van der Waals surface area (Å²) in [4.78, 5) is 36.3. The minimum atomic E-state index is -6.50. The van der Waals surface area contributed by atoms with Gasteiger partial charge in [-0.3, -0.25) is 9.59 Å². The summed E-state index contributed by atoms with van der Waals surface area (Å²) in [5, 5.41) is 2.11. The minimum Gasteiger partial charge on any atom is -0.465 e. The van der Waals surface area contributed by atoms with Crippen LogP contribution in [0.15, 0.2) is 24.3 Å². The molecule has 0 aliphatic heterocycles. The summed E-state index contributed by atoms with van der Waals surface area (Å²) in [6.45, 7) is 0.628. The van der Waals surface area contributed by atoms with Crippen molar-refractivity contribution in [1.82, 2.24) is 5.32 Å². The maximum Gasteiger partial charge on any atom is 0.573 e. The molecule has 35 heavy (non-hydrogen) atoms. The molecule has 0 aliphatic rings. The van der Waals surface area contributed by atoms with Gasteiger partial charge in [0.05, 0.1) is 13.2 Å². The van der Waals surface area contributed by atoms with Crippen LogP contribution >= 0.6 is 0 Å². The van der Waals surface area contributed by atoms with Crippen molar-refractivity contribution in [2.75, 3.05) is 18.5 Å². The number of carbonyl (C=O) groups is 3. The Bertz CT molecular complexity index is 866. The molecule has 0 unspecified atom stereocenters. The van der Waals surface area contributed by atoms with Crippen molar-refractivity contribution >= 4 is 23.7 Å². The number of ether oxygens (including phenoxy) is 3. The summed E-state index contributed by atoms with van der Waals surface area (Å²) in [6, 6.07) is 0.311. The smallest absolute Gasteiger partial charge is 0.465 e. The number of nitrogens with one attached hydrogen (secondary N) is 2. The lowest BCUT2D eigenvalue weighted by molar-refractivity contribution is -0.317. The summed E-state index contributed by atoms with van der Waals surface area (Å²) in [7, 11) is 0. The van der Waals surface area contributed by atoms with Gasteiger partial charge in [0, 0.05) is 5.69 Å². The van der Waals surface area contributed by atoms with Crippen molar-refractivity contribution in [3.05, 3.63) is 24.3 Å². The zero-order chi connectivity index (χ0) is 27.2. The third kappa shape index (κ3) is 7.29. The quantitative estimate of drug-likeness (QED) is 0.296. The average molecular weight is 528 g/mol. The fourth-order valence-electron chi connectivity index (χ4n) is 2.68. The third-order valence-corrected chi connectivity index (χ3v) is 4.03. The Kier molecular flexibility index (Phi) is 9.23. The lowest BCUT2D eigenvalue weighted by atomic mass is 9.81. The van der Waals surface area contributed by atoms with Gasteiger partial charge < -0.3 is 24.8 Å². The van der Waals surface area contributed by atoms with Gasteiger partial charge in [-0.05, 0) is 38.1 Å². The molecule has 0 aliphatic carbocycles. The van der Waals surface area contributed by atoms with Gasteiger partial charge >= 0.3 is 36.7 Å². The van der Waals surface area contributed by atoms with Crippen LogP contribution in [0.5, 0.6) is 5.75 Å². The van der Waals surface area contributed by atoms with Crippen LogP contribution in [-0.2, 0) is 19.1 Å². The summed E-state index contributed by atoms with van der Waals surface area (Å²) < 4.78 is 132. The van der Waals surface area contributed by atoms with E-state index in [1.807, 2.05) is 0 Å². The van der Waals surface area contributed by atoms with Gasteiger partial charge in [-0.2, -0.15) is 26.3 Å². The summed E-state index contributed by atoms with van der Waals surface area (Å²) >= 11 is 0. The zero-order valence-corrected chi connectivity index (χ0v) is 17.7. The Labute approximate surface area is 190 Å². The van der Waals surface area contributed by atoms with Crippen molar-refractivity contribution in [3.63, 3.8) is 0 Å². The first-order chi connectivity index (χ1) is 15.9. The molecule has 1 aromatic carbocycles. The second-order valence-corrected chi connectivity index (χ2v) is 6.39. The Morgan fingerprint density at radius 1 is 0.800 bits per heavy atom. The second-order valence-electron chi connectivity index (χ2n) is 6.39. The Morgan fingerprint density at radius 3 is 1.57 bits per heavy atom. The highest BCUT2D eigenvalue weighted by Crippen LogP contribution is 2.48. The van der Waals surface area contributed by atoms with Crippen molar-refractivity contribution < 1.29 is 68.1 Å². The second kappa shape index (κ2) is 10.9. The molecule has 2 N–H and O–H groups in total. The zero-order valence-electron chi connectivity index (χ0n) is 17.7. The Morgan fingerprint density at radius 2 is 1.23 bits per heavy atom. The topological polar surface area (TPSA) is 103 Å². The van der Waals surface area contributed by atoms with E-state index in [0.29, 0.717) is 29.6 Å². The van der Waals surface area contributed by atoms with E-state index in [1.54, 1.807) is 0 Å². The molecule has 0 radical (unpaired) electrons. The van der Waals surface area contributed by atoms with Crippen LogP contribution in [-0.4, -0.2) is 55.4 Å². The number of hydrogen-bond acceptors (Lipinski definition) is 6. The number of benzene rings is 1. The monoisotopic (exact) mass is 528 g/mol. The van der Waals surface area contributed by atoms with Gasteiger partial charge in [0.15, 0.2) is 5.92 Å². The third-order valence-electron chi connectivity index (χ3n) is 4.03. The maximum atomic E-state index is 13.9. The first kappa shape index (κ1) is 29.6. The Hall–Kier alpha value is -3.40. The van der Waals surface area contributed by atoms with E-state index in [-0.39, 0.29) is 0 Å². The molecule has 0 saturated heterocycles. The lowest BCUT2D eigenvalue weighted by Crippen LogP contribution is -2.74. The van der Waals surface area contributed by atoms with Gasteiger partial charge in [-0.25, -0.2) is 4.79 Å². The molecule has 1 aromatic rings. The van der Waals surface area contributed by atoms with E-state index in [2.05, 4.69) is 14.2 Å². The van der Waals surface area contributed by atoms with Crippen LogP contribution < -0.4 is 15.4 Å². The number of rotatable bonds is 8. The first-order valence-corrected chi connectivity index (χ1v) is 9.31. The van der Waals surface area contributed by atoms with Crippen LogP contribution in [0.25, 0.3) is 0 Å². The highest BCUT2D eigenvalue weighted by Gasteiger charge is 2.79. The number of halogens is 9. The molecule has 0 atom stereocenters. The molecular weight excluding hydrogens is 511 g/mol. The summed E-state index contributed by atoms with van der Waals surface area (Å²) in [5.41, 5.74) is -6.08. The molecule has 0 aromatic heterocycles. The van der Waals surface area contributed by atoms with Gasteiger partial charge in [-0.1, -0.05) is 0 Å². The predicted octanol–water partition coefficient (Wildman–Crippen LogP) is 4.31. The van der Waals surface area contributed by atoms with Gasteiger partial charge in [0.2, 0.25) is 0 Å². The molecule has 2 amide bonds.